The maximum absolute atomic E-state index is 6.07. The molecule has 0 aromatic carbocycles. The van der Waals surface area contributed by atoms with Gasteiger partial charge in [-0.3, -0.25) is 0 Å². The van der Waals surface area contributed by atoms with Gasteiger partial charge in [-0.1, -0.05) is 25.4 Å². The Kier molecular flexibility index (Phi) is 6.45. The quantitative estimate of drug-likeness (QED) is 0.756. The molecule has 5 heteroatoms. The summed E-state index contributed by atoms with van der Waals surface area (Å²) in [5.74, 6) is 0. The van der Waals surface area contributed by atoms with Gasteiger partial charge in [0.2, 0.25) is 0 Å². The smallest absolute Gasteiger partial charge is 0.0887 e. The van der Waals surface area contributed by atoms with Crippen LogP contribution in [0.3, 0.4) is 0 Å². The van der Waals surface area contributed by atoms with E-state index < -0.39 is 0 Å². The molecule has 0 aliphatic rings. The Bertz CT molecular complexity index is 335. The van der Waals surface area contributed by atoms with Crippen molar-refractivity contribution in [2.24, 2.45) is 0 Å². The lowest BCUT2D eigenvalue weighted by atomic mass is 9.87. The van der Waals surface area contributed by atoms with Crippen LogP contribution in [0.25, 0.3) is 0 Å². The van der Waals surface area contributed by atoms with Crippen LogP contribution in [-0.4, -0.2) is 26.8 Å². The molecule has 1 aromatic heterocycles. The van der Waals surface area contributed by atoms with E-state index in [1.807, 2.05) is 0 Å². The number of thiophene rings is 1. The minimum atomic E-state index is 0.153. The van der Waals surface area contributed by atoms with Crippen LogP contribution in [0.15, 0.2) is 9.85 Å². The van der Waals surface area contributed by atoms with Gasteiger partial charge in [0.05, 0.1) is 15.4 Å². The summed E-state index contributed by atoms with van der Waals surface area (Å²) in [6, 6.07) is 2.06. The van der Waals surface area contributed by atoms with Crippen LogP contribution < -0.4 is 5.32 Å². The normalized spacial score (nSPS) is 12.1. The number of hydrogen-bond donors (Lipinski definition) is 1. The Morgan fingerprint density at radius 2 is 2.18 bits per heavy atom. The predicted octanol–water partition coefficient (Wildman–Crippen LogP) is 4.07. The molecule has 2 nitrogen and oxygen atoms in total. The van der Waals surface area contributed by atoms with Gasteiger partial charge in [0.15, 0.2) is 0 Å². The molecule has 17 heavy (non-hydrogen) atoms. The molecule has 98 valence electrons. The molecule has 0 aliphatic heterocycles. The molecular formula is C12H19BrClNOS. The van der Waals surface area contributed by atoms with Crippen LogP contribution in [0.5, 0.6) is 0 Å². The highest BCUT2D eigenvalue weighted by Crippen LogP contribution is 2.39. The highest BCUT2D eigenvalue weighted by Gasteiger charge is 2.23. The van der Waals surface area contributed by atoms with E-state index in [0.29, 0.717) is 0 Å². The van der Waals surface area contributed by atoms with E-state index >= 15 is 0 Å². The van der Waals surface area contributed by atoms with Gasteiger partial charge in [-0.2, -0.15) is 0 Å². The number of ether oxygens (including phenoxy) is 1. The Morgan fingerprint density at radius 3 is 2.71 bits per heavy atom. The fourth-order valence-electron chi connectivity index (χ4n) is 1.50. The Balaban J connectivity index is 2.45. The molecule has 0 saturated heterocycles. The van der Waals surface area contributed by atoms with Gasteiger partial charge in [0, 0.05) is 23.9 Å². The SMILES string of the molecule is COCCNCCC(C)(C)c1cc(Cl)c(Br)s1. The molecule has 0 fully saturated rings. The van der Waals surface area contributed by atoms with Crippen LogP contribution in [0.1, 0.15) is 25.1 Å². The first-order chi connectivity index (χ1) is 7.97. The van der Waals surface area contributed by atoms with E-state index in [2.05, 4.69) is 41.2 Å². The van der Waals surface area contributed by atoms with Gasteiger partial charge < -0.3 is 10.1 Å². The predicted molar refractivity (Wildman–Crippen MR) is 79.4 cm³/mol. The number of rotatable bonds is 7. The summed E-state index contributed by atoms with van der Waals surface area (Å²) < 4.78 is 6.02. The van der Waals surface area contributed by atoms with Crippen LogP contribution in [0, 0.1) is 0 Å². The van der Waals surface area contributed by atoms with Gasteiger partial charge in [-0.15, -0.1) is 11.3 Å². The van der Waals surface area contributed by atoms with E-state index in [1.54, 1.807) is 18.4 Å². The lowest BCUT2D eigenvalue weighted by molar-refractivity contribution is 0.198. The molecule has 0 spiro atoms. The van der Waals surface area contributed by atoms with Crippen molar-refractivity contribution >= 4 is 38.9 Å². The summed E-state index contributed by atoms with van der Waals surface area (Å²) in [4.78, 5) is 1.32. The second-order valence-corrected chi connectivity index (χ2v) is 7.39. The Labute approximate surface area is 121 Å². The molecule has 0 atom stereocenters. The van der Waals surface area contributed by atoms with E-state index in [9.17, 15) is 0 Å². The van der Waals surface area contributed by atoms with E-state index in [-0.39, 0.29) is 5.41 Å². The highest BCUT2D eigenvalue weighted by molar-refractivity contribution is 9.11. The molecule has 1 heterocycles. The van der Waals surface area contributed by atoms with Crippen molar-refractivity contribution in [2.45, 2.75) is 25.7 Å². The van der Waals surface area contributed by atoms with Crippen molar-refractivity contribution in [2.75, 3.05) is 26.8 Å². The minimum Gasteiger partial charge on any atom is -0.383 e. The third kappa shape index (κ3) is 4.87. The van der Waals surface area contributed by atoms with Crippen LogP contribution in [0.4, 0.5) is 0 Å². The molecule has 0 radical (unpaired) electrons. The molecule has 0 amide bonds. The maximum atomic E-state index is 6.07. The molecule has 1 rings (SSSR count). The second kappa shape index (κ2) is 7.10. The highest BCUT2D eigenvalue weighted by atomic mass is 79.9. The second-order valence-electron chi connectivity index (χ2n) is 4.61. The average Bonchev–Trinajstić information content (AvgIpc) is 2.60. The Morgan fingerprint density at radius 1 is 1.47 bits per heavy atom. The van der Waals surface area contributed by atoms with Crippen molar-refractivity contribution in [1.82, 2.24) is 5.32 Å². The fourth-order valence-corrected chi connectivity index (χ4v) is 3.34. The van der Waals surface area contributed by atoms with Gasteiger partial charge in [-0.25, -0.2) is 0 Å². The minimum absolute atomic E-state index is 0.153. The zero-order valence-corrected chi connectivity index (χ0v) is 13.6. The van der Waals surface area contributed by atoms with Gasteiger partial charge in [-0.05, 0) is 35.0 Å². The summed E-state index contributed by atoms with van der Waals surface area (Å²) >= 11 is 11.3. The third-order valence-electron chi connectivity index (χ3n) is 2.72. The van der Waals surface area contributed by atoms with E-state index in [0.717, 1.165) is 34.9 Å². The zero-order chi connectivity index (χ0) is 12.9. The number of hydrogen-bond acceptors (Lipinski definition) is 3. The average molecular weight is 341 g/mol. The molecule has 1 N–H and O–H groups in total. The van der Waals surface area contributed by atoms with Crippen LogP contribution in [-0.2, 0) is 10.2 Å². The van der Waals surface area contributed by atoms with Crippen LogP contribution >= 0.6 is 38.9 Å². The summed E-state index contributed by atoms with van der Waals surface area (Å²) in [7, 11) is 1.72. The number of halogens is 2. The van der Waals surface area contributed by atoms with Crippen LogP contribution in [0.2, 0.25) is 5.02 Å². The van der Waals surface area contributed by atoms with E-state index in [1.165, 1.54) is 4.88 Å². The van der Waals surface area contributed by atoms with Crippen molar-refractivity contribution in [3.63, 3.8) is 0 Å². The van der Waals surface area contributed by atoms with Crippen molar-refractivity contribution in [1.29, 1.82) is 0 Å². The monoisotopic (exact) mass is 339 g/mol. The van der Waals surface area contributed by atoms with Crippen molar-refractivity contribution in [3.05, 3.63) is 19.8 Å². The lowest BCUT2D eigenvalue weighted by Gasteiger charge is -2.23. The number of nitrogens with one attached hydrogen (secondary N) is 1. The fraction of sp³-hybridized carbons (Fsp3) is 0.667. The van der Waals surface area contributed by atoms with Gasteiger partial charge in [0.25, 0.3) is 0 Å². The lowest BCUT2D eigenvalue weighted by Crippen LogP contribution is -2.26. The number of methoxy groups -OCH3 is 1. The summed E-state index contributed by atoms with van der Waals surface area (Å²) in [6.45, 7) is 7.15. The third-order valence-corrected chi connectivity index (χ3v) is 5.56. The maximum Gasteiger partial charge on any atom is 0.0887 e. The van der Waals surface area contributed by atoms with Gasteiger partial charge in [0.1, 0.15) is 0 Å². The molecule has 0 saturated carbocycles. The first kappa shape index (κ1) is 15.4. The summed E-state index contributed by atoms with van der Waals surface area (Å²) in [6.07, 6.45) is 1.08. The van der Waals surface area contributed by atoms with Crippen molar-refractivity contribution < 1.29 is 4.74 Å². The van der Waals surface area contributed by atoms with Crippen molar-refractivity contribution in [3.8, 4) is 0 Å². The zero-order valence-electron chi connectivity index (χ0n) is 10.5. The first-order valence-electron chi connectivity index (χ1n) is 5.62. The van der Waals surface area contributed by atoms with E-state index in [4.69, 9.17) is 16.3 Å². The first-order valence-corrected chi connectivity index (χ1v) is 7.61. The summed E-state index contributed by atoms with van der Waals surface area (Å²) in [5.41, 5.74) is 0.153. The standard InChI is InChI=1S/C12H19BrClNOS/c1-12(2,4-5-15-6-7-16-3)10-8-9(14)11(13)17-10/h8,15H,4-7H2,1-3H3. The largest absolute Gasteiger partial charge is 0.383 e. The molecule has 1 aromatic rings. The molecule has 0 unspecified atom stereocenters. The molecule has 0 bridgehead atoms. The molecular weight excluding hydrogens is 322 g/mol. The summed E-state index contributed by atoms with van der Waals surface area (Å²) in [5, 5.41) is 4.18. The molecule has 0 aliphatic carbocycles. The van der Waals surface area contributed by atoms with Gasteiger partial charge >= 0.3 is 0 Å². The topological polar surface area (TPSA) is 21.3 Å². The Hall–Kier alpha value is 0.390.